The van der Waals surface area contributed by atoms with Crippen molar-refractivity contribution in [3.05, 3.63) is 107 Å². The van der Waals surface area contributed by atoms with E-state index in [1.807, 2.05) is 30.3 Å². The zero-order valence-corrected chi connectivity index (χ0v) is 25.8. The molecule has 0 radical (unpaired) electrons. The maximum atomic E-state index is 13.7. The lowest BCUT2D eigenvalue weighted by Gasteiger charge is -2.28. The van der Waals surface area contributed by atoms with Gasteiger partial charge >= 0.3 is 0 Å². The molecule has 46 heavy (non-hydrogen) atoms. The second kappa shape index (κ2) is 17.6. The minimum absolute atomic E-state index is 0.0722. The first-order valence-electron chi connectivity index (χ1n) is 14.9. The van der Waals surface area contributed by atoms with E-state index < -0.39 is 47.7 Å². The van der Waals surface area contributed by atoms with Gasteiger partial charge in [-0.05, 0) is 48.6 Å². The number of benzene rings is 3. The van der Waals surface area contributed by atoms with E-state index in [1.54, 1.807) is 62.4 Å². The summed E-state index contributed by atoms with van der Waals surface area (Å²) >= 11 is 0. The minimum Gasteiger partial charge on any atom is -0.370 e. The molecule has 0 spiro atoms. The Balaban J connectivity index is 1.82. The van der Waals surface area contributed by atoms with E-state index in [4.69, 9.17) is 11.5 Å². The fourth-order valence-corrected chi connectivity index (χ4v) is 4.63. The highest BCUT2D eigenvalue weighted by Gasteiger charge is 2.33. The van der Waals surface area contributed by atoms with Crippen molar-refractivity contribution in [3.8, 4) is 0 Å². The normalized spacial score (nSPS) is 12.6. The molecule has 3 rings (SSSR count). The third-order valence-corrected chi connectivity index (χ3v) is 7.04. The van der Waals surface area contributed by atoms with E-state index in [0.717, 1.165) is 5.56 Å². The number of rotatable bonds is 16. The number of anilines is 1. The van der Waals surface area contributed by atoms with Crippen LogP contribution in [0.15, 0.2) is 101 Å². The van der Waals surface area contributed by atoms with Crippen LogP contribution in [0.25, 0.3) is 0 Å². The molecule has 0 unspecified atom stereocenters. The van der Waals surface area contributed by atoms with E-state index in [2.05, 4.69) is 26.2 Å². The summed E-state index contributed by atoms with van der Waals surface area (Å²) in [6.07, 6.45) is 0.531. The number of hydrogen-bond donors (Lipinski definition) is 5. The fraction of sp³-hybridized carbons (Fsp3) is 0.303. The Kier molecular flexibility index (Phi) is 13.4. The van der Waals surface area contributed by atoms with Crippen LogP contribution in [-0.4, -0.2) is 54.3 Å². The van der Waals surface area contributed by atoms with Gasteiger partial charge in [0.1, 0.15) is 18.1 Å². The van der Waals surface area contributed by atoms with E-state index in [0.29, 0.717) is 17.0 Å². The molecule has 0 aliphatic carbocycles. The monoisotopic (exact) mass is 628 g/mol. The molecule has 3 aromatic rings. The van der Waals surface area contributed by atoms with Gasteiger partial charge in [-0.25, -0.2) is 0 Å². The smallest absolute Gasteiger partial charge is 0.272 e. The Morgan fingerprint density at radius 3 is 1.91 bits per heavy atom. The summed E-state index contributed by atoms with van der Waals surface area (Å²) in [4.78, 5) is 69.6. The number of carbonyl (C=O) groups excluding carboxylic acids is 4. The second-order valence-electron chi connectivity index (χ2n) is 10.9. The maximum Gasteiger partial charge on any atom is 0.272 e. The largest absolute Gasteiger partial charge is 0.370 e. The molecule has 3 aromatic carbocycles. The number of amides is 4. The second-order valence-corrected chi connectivity index (χ2v) is 10.9. The van der Waals surface area contributed by atoms with Gasteiger partial charge in [0.15, 0.2) is 5.96 Å². The van der Waals surface area contributed by atoms with Crippen molar-refractivity contribution < 1.29 is 19.2 Å². The third-order valence-electron chi connectivity index (χ3n) is 7.04. The van der Waals surface area contributed by atoms with Crippen LogP contribution in [0.2, 0.25) is 0 Å². The summed E-state index contributed by atoms with van der Waals surface area (Å²) in [5.41, 5.74) is 12.2. The molecule has 0 saturated carbocycles. The standard InChI is InChI=1S/C33H40N8O5/c1-22(2)28(39-30(43)27(21-23-13-6-3-7-14-23)38-29(42)24-15-8-4-9-16-24)31(44)37-26(19-12-20-36-33(34)35)32(45)41(40-46)25-17-10-5-11-18-25/h3-11,13-18,22,26-28H,12,19-21H2,1-2H3,(H,37,44)(H,38,42)(H,39,43)(H4,34,35,36)/t26-,27-,28-/m0/s1. The Morgan fingerprint density at radius 2 is 1.35 bits per heavy atom. The molecular weight excluding hydrogens is 588 g/mol. The van der Waals surface area contributed by atoms with E-state index >= 15 is 0 Å². The van der Waals surface area contributed by atoms with Crippen LogP contribution in [0.1, 0.15) is 42.6 Å². The lowest BCUT2D eigenvalue weighted by atomic mass is 10.00. The summed E-state index contributed by atoms with van der Waals surface area (Å²) in [6, 6.07) is 22.4. The van der Waals surface area contributed by atoms with Crippen LogP contribution < -0.4 is 32.4 Å². The SMILES string of the molecule is CC(C)[C@H](NC(=O)[C@H](Cc1ccccc1)NC(=O)c1ccccc1)C(=O)N[C@@H](CCCN=C(N)N)C(=O)N(N=O)c1ccccc1. The molecule has 0 aliphatic rings. The van der Waals surface area contributed by atoms with Crippen molar-refractivity contribution in [1.82, 2.24) is 16.0 Å². The number of nitrogens with two attached hydrogens (primary N) is 2. The molecule has 13 nitrogen and oxygen atoms in total. The van der Waals surface area contributed by atoms with Gasteiger partial charge in [-0.15, -0.1) is 4.91 Å². The highest BCUT2D eigenvalue weighted by Crippen LogP contribution is 2.17. The molecule has 3 atom stereocenters. The number of aliphatic imine (C=N–C) groups is 1. The lowest BCUT2D eigenvalue weighted by molar-refractivity contribution is -0.133. The van der Waals surface area contributed by atoms with Crippen LogP contribution in [0.5, 0.6) is 0 Å². The van der Waals surface area contributed by atoms with E-state index in [1.165, 1.54) is 12.1 Å². The van der Waals surface area contributed by atoms with Gasteiger partial charge in [0.05, 0.1) is 11.0 Å². The van der Waals surface area contributed by atoms with Crippen molar-refractivity contribution >= 4 is 35.3 Å². The van der Waals surface area contributed by atoms with Gasteiger partial charge in [0.25, 0.3) is 11.8 Å². The Morgan fingerprint density at radius 1 is 0.761 bits per heavy atom. The predicted octanol–water partition coefficient (Wildman–Crippen LogP) is 2.42. The molecule has 13 heteroatoms. The van der Waals surface area contributed by atoms with Crippen LogP contribution in [0, 0.1) is 10.8 Å². The van der Waals surface area contributed by atoms with E-state index in [9.17, 15) is 24.1 Å². The van der Waals surface area contributed by atoms with Gasteiger partial charge < -0.3 is 27.4 Å². The van der Waals surface area contributed by atoms with Crippen LogP contribution in [0.3, 0.4) is 0 Å². The first-order chi connectivity index (χ1) is 22.1. The number of nitrogens with zero attached hydrogens (tertiary/aromatic N) is 3. The van der Waals surface area contributed by atoms with Gasteiger partial charge in [-0.1, -0.05) is 80.6 Å². The number of nitrogens with one attached hydrogen (secondary N) is 3. The van der Waals surface area contributed by atoms with Crippen molar-refractivity contribution in [2.24, 2.45) is 27.7 Å². The van der Waals surface area contributed by atoms with Crippen molar-refractivity contribution in [2.75, 3.05) is 11.6 Å². The summed E-state index contributed by atoms with van der Waals surface area (Å²) in [5, 5.41) is 11.8. The van der Waals surface area contributed by atoms with E-state index in [-0.39, 0.29) is 31.0 Å². The summed E-state index contributed by atoms with van der Waals surface area (Å²) in [5.74, 6) is -3.01. The third kappa shape index (κ3) is 10.5. The van der Waals surface area contributed by atoms with Gasteiger partial charge in [-0.3, -0.25) is 24.2 Å². The molecule has 0 saturated heterocycles. The zero-order chi connectivity index (χ0) is 33.5. The molecule has 0 bridgehead atoms. The number of guanidine groups is 1. The highest BCUT2D eigenvalue weighted by molar-refractivity contribution is 6.01. The molecular formula is C33H40N8O5. The zero-order valence-electron chi connectivity index (χ0n) is 25.8. The summed E-state index contributed by atoms with van der Waals surface area (Å²) in [6.45, 7) is 3.64. The first kappa shape index (κ1) is 34.9. The highest BCUT2D eigenvalue weighted by atomic mass is 16.3. The van der Waals surface area contributed by atoms with Crippen molar-refractivity contribution in [2.45, 2.75) is 51.2 Å². The molecule has 0 aliphatic heterocycles. The van der Waals surface area contributed by atoms with Gasteiger partial charge in [0.2, 0.25) is 11.8 Å². The quantitative estimate of drug-likeness (QED) is 0.0527. The lowest BCUT2D eigenvalue weighted by Crippen LogP contribution is -2.58. The number of nitroso groups, excluding NO2 is 1. The average Bonchev–Trinajstić information content (AvgIpc) is 3.05. The van der Waals surface area contributed by atoms with Crippen molar-refractivity contribution in [3.63, 3.8) is 0 Å². The maximum absolute atomic E-state index is 13.7. The minimum atomic E-state index is -1.20. The fourth-order valence-electron chi connectivity index (χ4n) is 4.63. The number of para-hydroxylation sites is 1. The Labute approximate surface area is 267 Å². The predicted molar refractivity (Wildman–Crippen MR) is 176 cm³/mol. The van der Waals surface area contributed by atoms with Crippen LogP contribution in [0.4, 0.5) is 5.69 Å². The molecule has 0 aromatic heterocycles. The molecule has 7 N–H and O–H groups in total. The Hall–Kier alpha value is -5.59. The summed E-state index contributed by atoms with van der Waals surface area (Å²) in [7, 11) is 0. The molecule has 4 amide bonds. The van der Waals surface area contributed by atoms with Crippen LogP contribution in [-0.2, 0) is 20.8 Å². The van der Waals surface area contributed by atoms with Crippen LogP contribution >= 0.6 is 0 Å². The van der Waals surface area contributed by atoms with Gasteiger partial charge in [-0.2, -0.15) is 5.01 Å². The van der Waals surface area contributed by atoms with Crippen molar-refractivity contribution in [1.29, 1.82) is 0 Å². The average molecular weight is 629 g/mol. The van der Waals surface area contributed by atoms with Gasteiger partial charge in [0, 0.05) is 18.5 Å². The number of carbonyl (C=O) groups is 4. The Bertz CT molecular complexity index is 1480. The number of hydrogen-bond acceptors (Lipinski definition) is 7. The topological polar surface area (TPSA) is 201 Å². The summed E-state index contributed by atoms with van der Waals surface area (Å²) < 4.78 is 0. The molecule has 242 valence electrons. The molecule has 0 heterocycles. The molecule has 0 fully saturated rings. The first-order valence-corrected chi connectivity index (χ1v) is 14.9.